The number of allylic oxidation sites excluding steroid dienone is 5. The van der Waals surface area contributed by atoms with E-state index in [1.807, 2.05) is 45.0 Å². The highest BCUT2D eigenvalue weighted by Crippen LogP contribution is 2.14. The molecule has 0 radical (unpaired) electrons. The van der Waals surface area contributed by atoms with Crippen LogP contribution in [-0.4, -0.2) is 12.1 Å². The first-order chi connectivity index (χ1) is 11.1. The summed E-state index contributed by atoms with van der Waals surface area (Å²) in [6, 6.07) is 7.80. The predicted octanol–water partition coefficient (Wildman–Crippen LogP) is 4.53. The van der Waals surface area contributed by atoms with E-state index in [1.165, 1.54) is 6.08 Å². The summed E-state index contributed by atoms with van der Waals surface area (Å²) in [6.45, 7) is 14.8. The Morgan fingerprint density at radius 2 is 1.91 bits per heavy atom. The molecule has 0 fully saturated rings. The fourth-order valence-electron chi connectivity index (χ4n) is 1.91. The summed E-state index contributed by atoms with van der Waals surface area (Å²) in [6.07, 6.45) is 5.71. The molecule has 1 rings (SSSR count). The standard InChI is InChI=1S/C17H18O2.C2H6.CHN/c1-4-7-15(12-18)16(5-2)17(19)11-14-9-6-8-13(3)10-14;2*1-2/h4-10,12H,1,11H2,2-3H3;1-2H3;1H/b15-7-,16-5+;;. The normalized spacial score (nSPS) is 10.3. The lowest BCUT2D eigenvalue weighted by Crippen LogP contribution is -2.09. The number of hydrogen-bond acceptors (Lipinski definition) is 3. The molecule has 0 heterocycles. The number of rotatable bonds is 6. The highest BCUT2D eigenvalue weighted by Gasteiger charge is 2.13. The fraction of sp³-hybridized carbons (Fsp3) is 0.250. The van der Waals surface area contributed by atoms with Crippen LogP contribution in [0.1, 0.15) is 31.9 Å². The van der Waals surface area contributed by atoms with Crippen LogP contribution in [0.4, 0.5) is 0 Å². The maximum atomic E-state index is 12.2. The van der Waals surface area contributed by atoms with Crippen molar-refractivity contribution in [1.82, 2.24) is 0 Å². The minimum atomic E-state index is -0.0618. The number of carbonyl (C=O) groups is 2. The molecule has 0 bridgehead atoms. The Labute approximate surface area is 139 Å². The van der Waals surface area contributed by atoms with Crippen molar-refractivity contribution in [2.75, 3.05) is 0 Å². The van der Waals surface area contributed by atoms with Gasteiger partial charge in [-0.15, -0.1) is 0 Å². The highest BCUT2D eigenvalue weighted by atomic mass is 16.1. The minimum Gasteiger partial charge on any atom is -0.298 e. The molecule has 1 aromatic carbocycles. The Morgan fingerprint density at radius 3 is 2.35 bits per heavy atom. The van der Waals surface area contributed by atoms with Crippen molar-refractivity contribution in [2.24, 2.45) is 0 Å². The van der Waals surface area contributed by atoms with Gasteiger partial charge in [-0.05, 0) is 19.4 Å². The van der Waals surface area contributed by atoms with Crippen LogP contribution < -0.4 is 0 Å². The summed E-state index contributed by atoms with van der Waals surface area (Å²) >= 11 is 0. The topological polar surface area (TPSA) is 57.9 Å². The second kappa shape index (κ2) is 14.2. The maximum Gasteiger partial charge on any atom is 0.167 e. The lowest BCUT2D eigenvalue weighted by Gasteiger charge is -2.06. The zero-order chi connectivity index (χ0) is 18.3. The van der Waals surface area contributed by atoms with Crippen molar-refractivity contribution in [3.63, 3.8) is 0 Å². The second-order valence-electron chi connectivity index (χ2n) is 4.27. The van der Waals surface area contributed by atoms with Crippen LogP contribution in [0.25, 0.3) is 0 Å². The van der Waals surface area contributed by atoms with E-state index in [1.54, 1.807) is 19.1 Å². The number of benzene rings is 1. The third-order valence-corrected chi connectivity index (χ3v) is 2.77. The van der Waals surface area contributed by atoms with E-state index in [0.29, 0.717) is 23.9 Å². The van der Waals surface area contributed by atoms with Gasteiger partial charge in [-0.1, -0.05) is 68.5 Å². The second-order valence-corrected chi connectivity index (χ2v) is 4.27. The molecule has 0 atom stereocenters. The number of ketones is 1. The third-order valence-electron chi connectivity index (χ3n) is 2.77. The van der Waals surface area contributed by atoms with E-state index in [9.17, 15) is 9.59 Å². The molecule has 23 heavy (non-hydrogen) atoms. The first-order valence-electron chi connectivity index (χ1n) is 7.41. The first kappa shape index (κ1) is 22.5. The zero-order valence-corrected chi connectivity index (χ0v) is 14.4. The molecular weight excluding hydrogens is 286 g/mol. The Hall–Kier alpha value is -2.73. The summed E-state index contributed by atoms with van der Waals surface area (Å²) in [7, 11) is 0. The number of aldehydes is 1. The zero-order valence-electron chi connectivity index (χ0n) is 14.4. The average molecular weight is 311 g/mol. The summed E-state index contributed by atoms with van der Waals surface area (Å²) in [5, 5.41) is 6.50. The van der Waals surface area contributed by atoms with Gasteiger partial charge >= 0.3 is 0 Å². The van der Waals surface area contributed by atoms with Crippen LogP contribution in [0.5, 0.6) is 0 Å². The molecule has 122 valence electrons. The first-order valence-corrected chi connectivity index (χ1v) is 7.41. The van der Waals surface area contributed by atoms with Gasteiger partial charge in [0, 0.05) is 24.1 Å². The summed E-state index contributed by atoms with van der Waals surface area (Å²) in [5.74, 6) is -0.0618. The minimum absolute atomic E-state index is 0.0618. The monoisotopic (exact) mass is 311 g/mol. The molecule has 0 spiro atoms. The molecule has 3 nitrogen and oxygen atoms in total. The van der Waals surface area contributed by atoms with Crippen molar-refractivity contribution in [2.45, 2.75) is 34.1 Å². The van der Waals surface area contributed by atoms with Gasteiger partial charge in [0.15, 0.2) is 12.1 Å². The van der Waals surface area contributed by atoms with Gasteiger partial charge in [0.05, 0.1) is 0 Å². The molecule has 0 N–H and O–H groups in total. The maximum absolute atomic E-state index is 12.2. The van der Waals surface area contributed by atoms with Crippen LogP contribution in [0.15, 0.2) is 60.2 Å². The van der Waals surface area contributed by atoms with Gasteiger partial charge in [0.1, 0.15) is 0 Å². The Kier molecular flexibility index (Phi) is 13.9. The number of Topliss-reactive ketones (excluding diaryl/α,β-unsaturated/α-hetero) is 1. The van der Waals surface area contributed by atoms with E-state index in [0.717, 1.165) is 11.1 Å². The molecule has 0 aliphatic carbocycles. The lowest BCUT2D eigenvalue weighted by atomic mass is 9.96. The van der Waals surface area contributed by atoms with E-state index in [4.69, 9.17) is 5.26 Å². The van der Waals surface area contributed by atoms with Crippen molar-refractivity contribution in [1.29, 1.82) is 5.26 Å². The number of hydrogen-bond donors (Lipinski definition) is 0. The predicted molar refractivity (Wildman–Crippen MR) is 96.0 cm³/mol. The molecule has 0 unspecified atom stereocenters. The molecule has 0 saturated carbocycles. The molecule has 0 amide bonds. The van der Waals surface area contributed by atoms with Gasteiger partial charge in [-0.2, -0.15) is 0 Å². The van der Waals surface area contributed by atoms with Gasteiger partial charge in [0.2, 0.25) is 0 Å². The SMILES string of the molecule is C#N.C=C/C=C(C=O)\C(=C/C)C(=O)Cc1cccc(C)c1.CC. The molecular formula is C20H25NO2. The van der Waals surface area contributed by atoms with Gasteiger partial charge < -0.3 is 0 Å². The van der Waals surface area contributed by atoms with Crippen molar-refractivity contribution < 1.29 is 9.59 Å². The van der Waals surface area contributed by atoms with Crippen LogP contribution >= 0.6 is 0 Å². The lowest BCUT2D eigenvalue weighted by molar-refractivity contribution is -0.115. The average Bonchev–Trinajstić information content (AvgIpc) is 2.58. The number of carbonyl (C=O) groups excluding carboxylic acids is 2. The van der Waals surface area contributed by atoms with E-state index in [-0.39, 0.29) is 5.78 Å². The van der Waals surface area contributed by atoms with Gasteiger partial charge in [0.25, 0.3) is 0 Å². The largest absolute Gasteiger partial charge is 0.298 e. The summed E-state index contributed by atoms with van der Waals surface area (Å²) in [5.41, 5.74) is 2.88. The molecule has 0 aromatic heterocycles. The van der Waals surface area contributed by atoms with Crippen LogP contribution in [-0.2, 0) is 16.0 Å². The Morgan fingerprint density at radius 1 is 1.30 bits per heavy atom. The summed E-state index contributed by atoms with van der Waals surface area (Å²) in [4.78, 5) is 23.2. The van der Waals surface area contributed by atoms with Crippen LogP contribution in [0.2, 0.25) is 0 Å². The van der Waals surface area contributed by atoms with Crippen LogP contribution in [0, 0.1) is 18.8 Å². The van der Waals surface area contributed by atoms with Crippen LogP contribution in [0.3, 0.4) is 0 Å². The fourth-order valence-corrected chi connectivity index (χ4v) is 1.91. The van der Waals surface area contributed by atoms with E-state index in [2.05, 4.69) is 13.2 Å². The third kappa shape index (κ3) is 8.33. The van der Waals surface area contributed by atoms with E-state index < -0.39 is 0 Å². The molecule has 0 aliphatic rings. The Balaban J connectivity index is 0. The van der Waals surface area contributed by atoms with Crippen molar-refractivity contribution >= 4 is 12.1 Å². The Bertz CT molecular complexity index is 593. The van der Waals surface area contributed by atoms with Gasteiger partial charge in [-0.3, -0.25) is 9.59 Å². The molecule has 3 heteroatoms. The summed E-state index contributed by atoms with van der Waals surface area (Å²) < 4.78 is 0. The smallest absolute Gasteiger partial charge is 0.167 e. The van der Waals surface area contributed by atoms with Crippen molar-refractivity contribution in [3.05, 3.63) is 71.3 Å². The highest BCUT2D eigenvalue weighted by molar-refractivity contribution is 6.07. The number of nitrogens with zero attached hydrogens (tertiary/aromatic N) is 1. The molecule has 1 aromatic rings. The van der Waals surface area contributed by atoms with E-state index >= 15 is 0 Å². The number of nitriles is 1. The molecule has 0 saturated heterocycles. The van der Waals surface area contributed by atoms with Gasteiger partial charge in [-0.25, -0.2) is 5.26 Å². The van der Waals surface area contributed by atoms with Crippen molar-refractivity contribution in [3.8, 4) is 6.57 Å². The quantitative estimate of drug-likeness (QED) is 0.440. The number of aryl methyl sites for hydroxylation is 1. The molecule has 0 aliphatic heterocycles.